The predicted octanol–water partition coefficient (Wildman–Crippen LogP) is 1.85. The first-order valence-electron chi connectivity index (χ1n) is 6.03. The molecule has 7 heteroatoms. The number of carbonyl (C=O) groups excluding carboxylic acids is 2. The zero-order valence-corrected chi connectivity index (χ0v) is 13.6. The number of rotatable bonds is 8. The number of thiol groups is 1. The third-order valence-corrected chi connectivity index (χ3v) is 3.53. The molecule has 0 aliphatic heterocycles. The van der Waals surface area contributed by atoms with E-state index in [0.717, 1.165) is 4.31 Å². The van der Waals surface area contributed by atoms with E-state index in [1.807, 2.05) is 26.6 Å². The smallest absolute Gasteiger partial charge is 0.332 e. The Kier molecular flexibility index (Phi) is 7.57. The van der Waals surface area contributed by atoms with Gasteiger partial charge < -0.3 is 9.16 Å². The molecule has 0 spiro atoms. The average molecular weight is 293 g/mol. The van der Waals surface area contributed by atoms with Crippen LogP contribution < -0.4 is 0 Å². The molecule has 0 aromatic carbocycles. The van der Waals surface area contributed by atoms with Crippen molar-refractivity contribution < 1.29 is 18.8 Å². The lowest BCUT2D eigenvalue weighted by atomic mass is 10.1. The van der Waals surface area contributed by atoms with Crippen LogP contribution >= 0.6 is 12.8 Å². The van der Waals surface area contributed by atoms with E-state index < -0.39 is 26.4 Å². The van der Waals surface area contributed by atoms with Crippen molar-refractivity contribution >= 4 is 33.5 Å². The highest BCUT2D eigenvalue weighted by Gasteiger charge is 2.36. The molecular weight excluding hydrogens is 270 g/mol. The van der Waals surface area contributed by atoms with Crippen molar-refractivity contribution in [1.29, 1.82) is 0 Å². The summed E-state index contributed by atoms with van der Waals surface area (Å²) in [5.74, 6) is -0.482. The largest absolute Gasteiger partial charge is 0.464 e. The summed E-state index contributed by atoms with van der Waals surface area (Å²) in [6.07, 6.45) is 0.720. The van der Waals surface area contributed by atoms with Crippen LogP contribution in [0.3, 0.4) is 0 Å². The summed E-state index contributed by atoms with van der Waals surface area (Å²) in [5.41, 5.74) is 0. The first-order chi connectivity index (χ1) is 8.26. The number of amides is 1. The Balaban J connectivity index is 5.01. The Morgan fingerprint density at radius 1 is 1.39 bits per heavy atom. The SMILES string of the molecule is CCOC(=O)C(C(CC)O[Si](C)(C)C)N(S)C=O. The third kappa shape index (κ3) is 5.88. The van der Waals surface area contributed by atoms with Gasteiger partial charge >= 0.3 is 5.97 Å². The number of nitrogens with zero attached hydrogens (tertiary/aromatic N) is 1. The summed E-state index contributed by atoms with van der Waals surface area (Å²) >= 11 is 4.00. The van der Waals surface area contributed by atoms with E-state index in [1.54, 1.807) is 6.92 Å². The molecule has 0 aliphatic rings. The standard InChI is InChI=1S/C11H23NO4SSi/c1-6-9(16-18(3,4)5)10(12(17)8-13)11(14)15-7-2/h8-10,17H,6-7H2,1-5H3. The Labute approximate surface area is 115 Å². The number of carbonyl (C=O) groups is 2. The first-order valence-corrected chi connectivity index (χ1v) is 9.84. The van der Waals surface area contributed by atoms with Gasteiger partial charge in [0, 0.05) is 0 Å². The van der Waals surface area contributed by atoms with Crippen molar-refractivity contribution in [3.8, 4) is 0 Å². The summed E-state index contributed by atoms with van der Waals surface area (Å²) < 4.78 is 11.9. The summed E-state index contributed by atoms with van der Waals surface area (Å²) in [6, 6.07) is -0.803. The topological polar surface area (TPSA) is 55.8 Å². The van der Waals surface area contributed by atoms with Crippen LogP contribution in [0.4, 0.5) is 0 Å². The Morgan fingerprint density at radius 2 is 1.94 bits per heavy atom. The highest BCUT2D eigenvalue weighted by atomic mass is 32.1. The quantitative estimate of drug-likeness (QED) is 0.321. The van der Waals surface area contributed by atoms with Crippen LogP contribution in [0.25, 0.3) is 0 Å². The van der Waals surface area contributed by atoms with Gasteiger partial charge in [0.1, 0.15) is 0 Å². The second-order valence-corrected chi connectivity index (χ2v) is 9.78. The predicted molar refractivity (Wildman–Crippen MR) is 75.8 cm³/mol. The molecule has 0 aromatic heterocycles. The van der Waals surface area contributed by atoms with Crippen molar-refractivity contribution in [3.63, 3.8) is 0 Å². The van der Waals surface area contributed by atoms with Crippen LogP contribution in [0, 0.1) is 0 Å². The van der Waals surface area contributed by atoms with Gasteiger partial charge in [0.2, 0.25) is 6.41 Å². The minimum absolute atomic E-state index is 0.263. The molecule has 0 heterocycles. The van der Waals surface area contributed by atoms with Crippen LogP contribution in [0.2, 0.25) is 19.6 Å². The molecule has 0 aromatic rings. The van der Waals surface area contributed by atoms with E-state index >= 15 is 0 Å². The second-order valence-electron chi connectivity index (χ2n) is 4.86. The van der Waals surface area contributed by atoms with E-state index in [4.69, 9.17) is 9.16 Å². The van der Waals surface area contributed by atoms with Gasteiger partial charge in [-0.3, -0.25) is 9.10 Å². The summed E-state index contributed by atoms with van der Waals surface area (Å²) in [5, 5.41) is 0. The summed E-state index contributed by atoms with van der Waals surface area (Å²) in [4.78, 5) is 22.7. The van der Waals surface area contributed by atoms with Crippen molar-refractivity contribution in [1.82, 2.24) is 4.31 Å². The van der Waals surface area contributed by atoms with E-state index in [-0.39, 0.29) is 6.61 Å². The fourth-order valence-electron chi connectivity index (χ4n) is 1.55. The Hall–Kier alpha value is -0.533. The molecule has 2 atom stereocenters. The monoisotopic (exact) mass is 293 g/mol. The molecule has 0 saturated carbocycles. The molecule has 0 radical (unpaired) electrons. The molecule has 5 nitrogen and oxygen atoms in total. The van der Waals surface area contributed by atoms with Crippen LogP contribution in [0.15, 0.2) is 0 Å². The van der Waals surface area contributed by atoms with Crippen LogP contribution in [-0.4, -0.2) is 43.8 Å². The molecule has 0 N–H and O–H groups in total. The fourth-order valence-corrected chi connectivity index (χ4v) is 3.00. The van der Waals surface area contributed by atoms with Gasteiger partial charge in [-0.2, -0.15) is 0 Å². The molecule has 106 valence electrons. The van der Waals surface area contributed by atoms with E-state index in [2.05, 4.69) is 12.8 Å². The zero-order chi connectivity index (χ0) is 14.3. The van der Waals surface area contributed by atoms with Crippen LogP contribution in [0.5, 0.6) is 0 Å². The van der Waals surface area contributed by atoms with Crippen molar-refractivity contribution in [2.24, 2.45) is 0 Å². The number of esters is 1. The lowest BCUT2D eigenvalue weighted by molar-refractivity contribution is -0.152. The van der Waals surface area contributed by atoms with Gasteiger partial charge in [-0.05, 0) is 33.0 Å². The molecule has 18 heavy (non-hydrogen) atoms. The van der Waals surface area contributed by atoms with Crippen molar-refractivity contribution in [3.05, 3.63) is 0 Å². The first kappa shape index (κ1) is 17.5. The molecule has 0 saturated heterocycles. The molecule has 1 amide bonds. The lowest BCUT2D eigenvalue weighted by Crippen LogP contribution is -2.49. The maximum Gasteiger partial charge on any atom is 0.332 e. The zero-order valence-electron chi connectivity index (χ0n) is 11.7. The normalized spacial score (nSPS) is 14.8. The molecule has 0 fully saturated rings. The molecule has 0 rings (SSSR count). The van der Waals surface area contributed by atoms with E-state index in [9.17, 15) is 9.59 Å². The molecular formula is C11H23NO4SSi. The minimum Gasteiger partial charge on any atom is -0.464 e. The van der Waals surface area contributed by atoms with Crippen LogP contribution in [-0.2, 0) is 18.8 Å². The second kappa shape index (κ2) is 7.80. The lowest BCUT2D eigenvalue weighted by Gasteiger charge is -2.33. The highest BCUT2D eigenvalue weighted by Crippen LogP contribution is 2.19. The van der Waals surface area contributed by atoms with Crippen molar-refractivity contribution in [2.45, 2.75) is 52.1 Å². The van der Waals surface area contributed by atoms with Gasteiger partial charge in [0.05, 0.1) is 12.7 Å². The van der Waals surface area contributed by atoms with Gasteiger partial charge in [0.15, 0.2) is 14.4 Å². The molecule has 0 aliphatic carbocycles. The third-order valence-electron chi connectivity index (χ3n) is 2.18. The fraction of sp³-hybridized carbons (Fsp3) is 0.818. The van der Waals surface area contributed by atoms with Crippen LogP contribution in [0.1, 0.15) is 20.3 Å². The molecule has 2 unspecified atom stereocenters. The average Bonchev–Trinajstić information content (AvgIpc) is 2.26. The summed E-state index contributed by atoms with van der Waals surface area (Å²) in [6.45, 7) is 9.98. The number of hydrogen-bond acceptors (Lipinski definition) is 5. The van der Waals surface area contributed by atoms with Crippen molar-refractivity contribution in [2.75, 3.05) is 6.61 Å². The van der Waals surface area contributed by atoms with E-state index in [1.165, 1.54) is 0 Å². The summed E-state index contributed by atoms with van der Waals surface area (Å²) in [7, 11) is -1.82. The Morgan fingerprint density at radius 3 is 2.28 bits per heavy atom. The van der Waals surface area contributed by atoms with Gasteiger partial charge in [-0.15, -0.1) is 0 Å². The maximum absolute atomic E-state index is 11.9. The van der Waals surface area contributed by atoms with Gasteiger partial charge in [-0.25, -0.2) is 4.79 Å². The van der Waals surface area contributed by atoms with Gasteiger partial charge in [-0.1, -0.05) is 19.7 Å². The van der Waals surface area contributed by atoms with Gasteiger partial charge in [0.25, 0.3) is 0 Å². The Bertz CT molecular complexity index is 283. The number of ether oxygens (including phenoxy) is 1. The highest BCUT2D eigenvalue weighted by molar-refractivity contribution is 7.78. The minimum atomic E-state index is -1.82. The number of hydrogen-bond donors (Lipinski definition) is 1. The molecule has 0 bridgehead atoms. The maximum atomic E-state index is 11.9. The van der Waals surface area contributed by atoms with E-state index in [0.29, 0.717) is 12.8 Å².